The van der Waals surface area contributed by atoms with Crippen LogP contribution in [-0.4, -0.2) is 36.9 Å². The zero-order chi connectivity index (χ0) is 14.5. The van der Waals surface area contributed by atoms with E-state index in [1.807, 2.05) is 11.0 Å². The van der Waals surface area contributed by atoms with Gasteiger partial charge in [-0.2, -0.15) is 5.26 Å². The van der Waals surface area contributed by atoms with Crippen LogP contribution in [-0.2, 0) is 9.53 Å². The molecule has 1 aromatic rings. The van der Waals surface area contributed by atoms with E-state index in [-0.39, 0.29) is 0 Å². The first kappa shape index (κ1) is 14.0. The van der Waals surface area contributed by atoms with Gasteiger partial charge < -0.3 is 14.7 Å². The lowest BCUT2D eigenvalue weighted by Gasteiger charge is -2.31. The van der Waals surface area contributed by atoms with Crippen LogP contribution in [0, 0.1) is 17.1 Å². The number of ether oxygens (including phenoxy) is 1. The summed E-state index contributed by atoms with van der Waals surface area (Å²) in [6, 6.07) is 6.32. The lowest BCUT2D eigenvalue weighted by atomic mass is 10.1. The summed E-state index contributed by atoms with van der Waals surface area (Å²) in [7, 11) is 0. The van der Waals surface area contributed by atoms with E-state index >= 15 is 0 Å². The number of aliphatic carboxylic acids is 1. The van der Waals surface area contributed by atoms with Crippen molar-refractivity contribution < 1.29 is 19.0 Å². The van der Waals surface area contributed by atoms with Gasteiger partial charge in [-0.1, -0.05) is 0 Å². The number of carboxylic acids is 1. The van der Waals surface area contributed by atoms with E-state index in [9.17, 15) is 9.18 Å². The fourth-order valence-corrected chi connectivity index (χ4v) is 2.00. The van der Waals surface area contributed by atoms with E-state index in [4.69, 9.17) is 15.1 Å². The van der Waals surface area contributed by atoms with Crippen molar-refractivity contribution in [2.75, 3.05) is 24.6 Å². The van der Waals surface area contributed by atoms with E-state index in [1.54, 1.807) is 6.07 Å². The van der Waals surface area contributed by atoms with Crippen LogP contribution in [0.25, 0.3) is 6.08 Å². The third-order valence-corrected chi connectivity index (χ3v) is 2.90. The molecule has 2 rings (SSSR count). The number of hydrogen-bond acceptors (Lipinski definition) is 4. The zero-order valence-corrected chi connectivity index (χ0v) is 10.6. The molecule has 1 unspecified atom stereocenters. The number of benzene rings is 1. The van der Waals surface area contributed by atoms with Crippen molar-refractivity contribution in [3.63, 3.8) is 0 Å². The van der Waals surface area contributed by atoms with Crippen LogP contribution in [0.4, 0.5) is 10.1 Å². The molecule has 1 aromatic carbocycles. The largest absolute Gasteiger partial charge is 0.478 e. The summed E-state index contributed by atoms with van der Waals surface area (Å²) in [6.07, 6.45) is 1.75. The molecule has 0 radical (unpaired) electrons. The SMILES string of the molecule is N#CC1CN(c2cc(F)cc(/C=C/C(=O)O)c2)CCO1. The minimum atomic E-state index is -1.09. The molecule has 1 atom stereocenters. The Kier molecular flexibility index (Phi) is 4.33. The van der Waals surface area contributed by atoms with Crippen LogP contribution in [0.3, 0.4) is 0 Å². The van der Waals surface area contributed by atoms with Gasteiger partial charge in [-0.05, 0) is 29.8 Å². The fraction of sp³-hybridized carbons (Fsp3) is 0.286. The fourth-order valence-electron chi connectivity index (χ4n) is 2.00. The predicted octanol–water partition coefficient (Wildman–Crippen LogP) is 1.65. The first-order valence-corrected chi connectivity index (χ1v) is 6.06. The van der Waals surface area contributed by atoms with Gasteiger partial charge in [0.2, 0.25) is 0 Å². The zero-order valence-electron chi connectivity index (χ0n) is 10.6. The Morgan fingerprint density at radius 1 is 1.55 bits per heavy atom. The monoisotopic (exact) mass is 276 g/mol. The molecule has 0 spiro atoms. The van der Waals surface area contributed by atoms with Crippen LogP contribution >= 0.6 is 0 Å². The molecular formula is C14H13FN2O3. The first-order chi connectivity index (χ1) is 9.58. The summed E-state index contributed by atoms with van der Waals surface area (Å²) >= 11 is 0. The molecule has 1 heterocycles. The molecule has 0 aromatic heterocycles. The van der Waals surface area contributed by atoms with Gasteiger partial charge in [-0.15, -0.1) is 0 Å². The molecule has 1 saturated heterocycles. The highest BCUT2D eigenvalue weighted by Crippen LogP contribution is 2.22. The van der Waals surface area contributed by atoms with Crippen molar-refractivity contribution in [2.45, 2.75) is 6.10 Å². The lowest BCUT2D eigenvalue weighted by molar-refractivity contribution is -0.131. The Bertz CT molecular complexity index is 580. The standard InChI is InChI=1S/C14H13FN2O3/c15-11-5-10(1-2-14(18)19)6-12(7-11)17-3-4-20-13(8-16)9-17/h1-2,5-7,13H,3-4,9H2,(H,18,19)/b2-1+. The molecule has 0 aliphatic carbocycles. The molecule has 1 aliphatic rings. The van der Waals surface area contributed by atoms with Gasteiger partial charge in [0, 0.05) is 18.3 Å². The van der Waals surface area contributed by atoms with Crippen molar-refractivity contribution in [1.29, 1.82) is 5.26 Å². The lowest BCUT2D eigenvalue weighted by Crippen LogP contribution is -2.41. The highest BCUT2D eigenvalue weighted by molar-refractivity contribution is 5.85. The molecular weight excluding hydrogens is 263 g/mol. The molecule has 1 fully saturated rings. The van der Waals surface area contributed by atoms with Gasteiger partial charge >= 0.3 is 5.97 Å². The molecule has 104 valence electrons. The van der Waals surface area contributed by atoms with Crippen LogP contribution in [0.5, 0.6) is 0 Å². The second-order valence-corrected chi connectivity index (χ2v) is 4.35. The summed E-state index contributed by atoms with van der Waals surface area (Å²) < 4.78 is 18.8. The van der Waals surface area contributed by atoms with E-state index in [0.717, 1.165) is 6.08 Å². The maximum Gasteiger partial charge on any atom is 0.328 e. The Morgan fingerprint density at radius 3 is 3.05 bits per heavy atom. The molecule has 1 N–H and O–H groups in total. The Labute approximate surface area is 115 Å². The van der Waals surface area contributed by atoms with Gasteiger partial charge in [0.15, 0.2) is 6.10 Å². The second-order valence-electron chi connectivity index (χ2n) is 4.35. The minimum absolute atomic E-state index is 0.363. The van der Waals surface area contributed by atoms with Gasteiger partial charge in [0.05, 0.1) is 19.2 Å². The number of morpholine rings is 1. The van der Waals surface area contributed by atoms with Crippen molar-refractivity contribution in [1.82, 2.24) is 0 Å². The summed E-state index contributed by atoms with van der Waals surface area (Å²) in [6.45, 7) is 1.32. The number of carboxylic acid groups (broad SMARTS) is 1. The number of halogens is 1. The third kappa shape index (κ3) is 3.56. The smallest absolute Gasteiger partial charge is 0.328 e. The van der Waals surface area contributed by atoms with Gasteiger partial charge in [0.1, 0.15) is 5.82 Å². The van der Waals surface area contributed by atoms with Crippen molar-refractivity contribution in [3.05, 3.63) is 35.7 Å². The number of nitriles is 1. The summed E-state index contributed by atoms with van der Waals surface area (Å²) in [5.74, 6) is -1.54. The second kappa shape index (κ2) is 6.17. The maximum atomic E-state index is 13.6. The number of anilines is 1. The topological polar surface area (TPSA) is 73.6 Å². The highest BCUT2D eigenvalue weighted by Gasteiger charge is 2.20. The quantitative estimate of drug-likeness (QED) is 0.850. The summed E-state index contributed by atoms with van der Waals surface area (Å²) in [5, 5.41) is 17.4. The normalized spacial score (nSPS) is 19.0. The maximum absolute atomic E-state index is 13.6. The van der Waals surface area contributed by atoms with Gasteiger partial charge in [-0.25, -0.2) is 9.18 Å². The highest BCUT2D eigenvalue weighted by atomic mass is 19.1. The molecule has 20 heavy (non-hydrogen) atoms. The Balaban J connectivity index is 2.23. The van der Waals surface area contributed by atoms with Crippen molar-refractivity contribution in [2.24, 2.45) is 0 Å². The van der Waals surface area contributed by atoms with E-state index < -0.39 is 17.9 Å². The minimum Gasteiger partial charge on any atom is -0.478 e. The van der Waals surface area contributed by atoms with E-state index in [0.29, 0.717) is 30.9 Å². The van der Waals surface area contributed by atoms with Crippen LogP contribution in [0.15, 0.2) is 24.3 Å². The average molecular weight is 276 g/mol. The molecule has 0 amide bonds. The number of carbonyl (C=O) groups is 1. The van der Waals surface area contributed by atoms with E-state index in [2.05, 4.69) is 0 Å². The Hall–Kier alpha value is -2.39. The predicted molar refractivity (Wildman–Crippen MR) is 70.6 cm³/mol. The molecule has 0 saturated carbocycles. The molecule has 6 heteroatoms. The summed E-state index contributed by atoms with van der Waals surface area (Å²) in [4.78, 5) is 12.3. The van der Waals surface area contributed by atoms with Gasteiger partial charge in [-0.3, -0.25) is 0 Å². The number of rotatable bonds is 3. The van der Waals surface area contributed by atoms with Gasteiger partial charge in [0.25, 0.3) is 0 Å². The van der Waals surface area contributed by atoms with Crippen LogP contribution < -0.4 is 4.90 Å². The van der Waals surface area contributed by atoms with Crippen LogP contribution in [0.2, 0.25) is 0 Å². The molecule has 5 nitrogen and oxygen atoms in total. The van der Waals surface area contributed by atoms with Crippen molar-refractivity contribution in [3.8, 4) is 6.07 Å². The summed E-state index contributed by atoms with van der Waals surface area (Å²) in [5.41, 5.74) is 1.07. The third-order valence-electron chi connectivity index (χ3n) is 2.90. The number of hydrogen-bond donors (Lipinski definition) is 1. The molecule has 0 bridgehead atoms. The van der Waals surface area contributed by atoms with E-state index in [1.165, 1.54) is 18.2 Å². The average Bonchev–Trinajstić information content (AvgIpc) is 2.44. The van der Waals surface area contributed by atoms with Crippen molar-refractivity contribution >= 4 is 17.7 Å². The Morgan fingerprint density at radius 2 is 2.35 bits per heavy atom. The molecule has 1 aliphatic heterocycles. The van der Waals surface area contributed by atoms with Crippen LogP contribution in [0.1, 0.15) is 5.56 Å². The first-order valence-electron chi connectivity index (χ1n) is 6.06. The number of nitrogens with zero attached hydrogens (tertiary/aromatic N) is 2.